The molecule has 1 atom stereocenters. The lowest BCUT2D eigenvalue weighted by Gasteiger charge is -2.42. The Balaban J connectivity index is 1.99. The van der Waals surface area contributed by atoms with E-state index in [1.54, 1.807) is 0 Å². The Hall–Kier alpha value is -1.25. The molecule has 1 aromatic heterocycles. The van der Waals surface area contributed by atoms with Gasteiger partial charge in [0.05, 0.1) is 17.6 Å². The summed E-state index contributed by atoms with van der Waals surface area (Å²) in [6.45, 7) is 2.29. The summed E-state index contributed by atoms with van der Waals surface area (Å²) in [5.74, 6) is 0. The van der Waals surface area contributed by atoms with Crippen molar-refractivity contribution in [1.29, 1.82) is 0 Å². The number of nitrogens with one attached hydrogen (secondary N) is 1. The highest BCUT2D eigenvalue weighted by Crippen LogP contribution is 2.34. The van der Waals surface area contributed by atoms with Crippen molar-refractivity contribution in [3.8, 4) is 0 Å². The van der Waals surface area contributed by atoms with E-state index < -0.39 is 0 Å². The van der Waals surface area contributed by atoms with E-state index in [4.69, 9.17) is 0 Å². The van der Waals surface area contributed by atoms with E-state index in [0.29, 0.717) is 6.04 Å². The molecule has 0 saturated carbocycles. The predicted octanol–water partition coefficient (Wildman–Crippen LogP) is 1.87. The predicted molar refractivity (Wildman–Crippen MR) is 57.7 cm³/mol. The van der Waals surface area contributed by atoms with Crippen LogP contribution in [-0.2, 0) is 0 Å². The smallest absolute Gasteiger partial charge is 0.0765 e. The SMILES string of the molecule is c1cc2c(cn1)NCC1CCCCN21. The van der Waals surface area contributed by atoms with Crippen molar-refractivity contribution in [2.45, 2.75) is 25.3 Å². The molecule has 0 bridgehead atoms. The average Bonchev–Trinajstić information content (AvgIpc) is 2.29. The Bertz CT molecular complexity index is 337. The third kappa shape index (κ3) is 1.15. The standard InChI is InChI=1S/C11H15N3/c1-2-6-14-9(3-1)7-13-10-8-12-5-4-11(10)14/h4-5,8-9,13H,1-3,6-7H2. The molecule has 14 heavy (non-hydrogen) atoms. The van der Waals surface area contributed by atoms with E-state index in [1.165, 1.54) is 37.2 Å². The van der Waals surface area contributed by atoms with Crippen LogP contribution in [-0.4, -0.2) is 24.1 Å². The Morgan fingerprint density at radius 3 is 3.43 bits per heavy atom. The number of hydrogen-bond acceptors (Lipinski definition) is 3. The molecule has 0 spiro atoms. The first-order valence-corrected chi connectivity index (χ1v) is 5.40. The van der Waals surface area contributed by atoms with Crippen LogP contribution in [0.5, 0.6) is 0 Å². The number of anilines is 2. The van der Waals surface area contributed by atoms with Gasteiger partial charge in [0, 0.05) is 25.3 Å². The van der Waals surface area contributed by atoms with Crippen molar-refractivity contribution in [1.82, 2.24) is 4.98 Å². The highest BCUT2D eigenvalue weighted by molar-refractivity contribution is 5.71. The van der Waals surface area contributed by atoms with E-state index in [2.05, 4.69) is 21.3 Å². The third-order valence-electron chi connectivity index (χ3n) is 3.26. The summed E-state index contributed by atoms with van der Waals surface area (Å²) in [6.07, 6.45) is 7.86. The molecule has 74 valence electrons. The lowest BCUT2D eigenvalue weighted by molar-refractivity contribution is 0.466. The zero-order valence-corrected chi connectivity index (χ0v) is 8.24. The van der Waals surface area contributed by atoms with Crippen molar-refractivity contribution in [3.05, 3.63) is 18.5 Å². The number of aromatic nitrogens is 1. The zero-order valence-electron chi connectivity index (χ0n) is 8.24. The second-order valence-electron chi connectivity index (χ2n) is 4.12. The number of rotatable bonds is 0. The minimum absolute atomic E-state index is 0.707. The Morgan fingerprint density at radius 2 is 2.43 bits per heavy atom. The first-order chi connectivity index (χ1) is 6.95. The minimum atomic E-state index is 0.707. The van der Waals surface area contributed by atoms with Gasteiger partial charge in [-0.2, -0.15) is 0 Å². The maximum Gasteiger partial charge on any atom is 0.0765 e. The van der Waals surface area contributed by atoms with Gasteiger partial charge in [-0.15, -0.1) is 0 Å². The number of nitrogens with zero attached hydrogens (tertiary/aromatic N) is 2. The Labute approximate surface area is 84.1 Å². The van der Waals surface area contributed by atoms with Gasteiger partial charge in [-0.25, -0.2) is 0 Å². The maximum absolute atomic E-state index is 4.15. The lowest BCUT2D eigenvalue weighted by Crippen LogP contribution is -2.46. The molecule has 1 fully saturated rings. The fourth-order valence-electron chi connectivity index (χ4n) is 2.53. The maximum atomic E-state index is 4.15. The van der Waals surface area contributed by atoms with Crippen LogP contribution in [0.2, 0.25) is 0 Å². The Kier molecular flexibility index (Phi) is 1.82. The summed E-state index contributed by atoms with van der Waals surface area (Å²) < 4.78 is 0. The average molecular weight is 189 g/mol. The van der Waals surface area contributed by atoms with Gasteiger partial charge in [0.15, 0.2) is 0 Å². The first kappa shape index (κ1) is 8.09. The van der Waals surface area contributed by atoms with Crippen LogP contribution in [0.25, 0.3) is 0 Å². The highest BCUT2D eigenvalue weighted by Gasteiger charge is 2.27. The third-order valence-corrected chi connectivity index (χ3v) is 3.26. The fourth-order valence-corrected chi connectivity index (χ4v) is 2.53. The van der Waals surface area contributed by atoms with Crippen LogP contribution in [0.15, 0.2) is 18.5 Å². The fraction of sp³-hybridized carbons (Fsp3) is 0.545. The van der Waals surface area contributed by atoms with E-state index in [1.807, 2.05) is 12.4 Å². The van der Waals surface area contributed by atoms with Crippen LogP contribution in [0.4, 0.5) is 11.4 Å². The van der Waals surface area contributed by atoms with Gasteiger partial charge in [-0.1, -0.05) is 0 Å². The van der Waals surface area contributed by atoms with Crippen molar-refractivity contribution in [2.24, 2.45) is 0 Å². The molecule has 3 heterocycles. The molecule has 0 amide bonds. The van der Waals surface area contributed by atoms with Gasteiger partial charge in [-0.05, 0) is 25.3 Å². The van der Waals surface area contributed by atoms with Gasteiger partial charge >= 0.3 is 0 Å². The molecule has 2 aliphatic heterocycles. The lowest BCUT2D eigenvalue weighted by atomic mass is 9.99. The quantitative estimate of drug-likeness (QED) is 0.675. The number of fused-ring (bicyclic) bond motifs is 3. The molecule has 1 saturated heterocycles. The van der Waals surface area contributed by atoms with E-state index >= 15 is 0 Å². The normalized spacial score (nSPS) is 24.9. The molecule has 1 aromatic rings. The van der Waals surface area contributed by atoms with Gasteiger partial charge in [0.25, 0.3) is 0 Å². The van der Waals surface area contributed by atoms with Crippen LogP contribution in [0, 0.1) is 0 Å². The summed E-state index contributed by atoms with van der Waals surface area (Å²) >= 11 is 0. The first-order valence-electron chi connectivity index (χ1n) is 5.40. The van der Waals surface area contributed by atoms with Gasteiger partial charge in [0.1, 0.15) is 0 Å². The van der Waals surface area contributed by atoms with Crippen LogP contribution in [0.1, 0.15) is 19.3 Å². The van der Waals surface area contributed by atoms with E-state index in [0.717, 1.165) is 6.54 Å². The molecule has 1 unspecified atom stereocenters. The van der Waals surface area contributed by atoms with Crippen molar-refractivity contribution >= 4 is 11.4 Å². The molecular weight excluding hydrogens is 174 g/mol. The van der Waals surface area contributed by atoms with Gasteiger partial charge < -0.3 is 10.2 Å². The molecule has 0 radical (unpaired) electrons. The van der Waals surface area contributed by atoms with Crippen molar-refractivity contribution in [3.63, 3.8) is 0 Å². The second-order valence-corrected chi connectivity index (χ2v) is 4.12. The minimum Gasteiger partial charge on any atom is -0.380 e. The topological polar surface area (TPSA) is 28.2 Å². The van der Waals surface area contributed by atoms with Crippen molar-refractivity contribution < 1.29 is 0 Å². The van der Waals surface area contributed by atoms with Crippen LogP contribution >= 0.6 is 0 Å². The van der Waals surface area contributed by atoms with Gasteiger partial charge in [-0.3, -0.25) is 4.98 Å². The zero-order chi connectivity index (χ0) is 9.38. The van der Waals surface area contributed by atoms with E-state index in [-0.39, 0.29) is 0 Å². The molecule has 3 heteroatoms. The molecule has 0 aromatic carbocycles. The molecule has 3 nitrogen and oxygen atoms in total. The number of pyridine rings is 1. The highest BCUT2D eigenvalue weighted by atomic mass is 15.2. The molecule has 2 aliphatic rings. The summed E-state index contributed by atoms with van der Waals surface area (Å²) in [5, 5.41) is 3.46. The van der Waals surface area contributed by atoms with Gasteiger partial charge in [0.2, 0.25) is 0 Å². The molecule has 1 N–H and O–H groups in total. The summed E-state index contributed by atoms with van der Waals surface area (Å²) in [4.78, 5) is 6.69. The van der Waals surface area contributed by atoms with Crippen LogP contribution in [0.3, 0.4) is 0 Å². The number of hydrogen-bond donors (Lipinski definition) is 1. The largest absolute Gasteiger partial charge is 0.380 e. The molecule has 3 rings (SSSR count). The molecular formula is C11H15N3. The summed E-state index contributed by atoms with van der Waals surface area (Å²) in [6, 6.07) is 2.83. The van der Waals surface area contributed by atoms with Crippen LogP contribution < -0.4 is 10.2 Å². The van der Waals surface area contributed by atoms with Crippen molar-refractivity contribution in [2.75, 3.05) is 23.3 Å². The summed E-state index contributed by atoms with van der Waals surface area (Å²) in [7, 11) is 0. The number of piperidine rings is 1. The summed E-state index contributed by atoms with van der Waals surface area (Å²) in [5.41, 5.74) is 2.54. The second kappa shape index (κ2) is 3.15. The van der Waals surface area contributed by atoms with E-state index in [9.17, 15) is 0 Å². The molecule has 0 aliphatic carbocycles. The monoisotopic (exact) mass is 189 g/mol. The Morgan fingerprint density at radius 1 is 1.43 bits per heavy atom.